The molecule has 0 aromatic heterocycles. The monoisotopic (exact) mass is 432 g/mol. The predicted molar refractivity (Wildman–Crippen MR) is 87.7 cm³/mol. The van der Waals surface area contributed by atoms with Crippen molar-refractivity contribution in [3.63, 3.8) is 0 Å². The molecule has 10 radical (unpaired) electrons. The van der Waals surface area contributed by atoms with E-state index in [2.05, 4.69) is 69.3 Å². The third kappa shape index (κ3) is 6.22. The molecule has 3 heteroatoms. The Balaban J connectivity index is 0.000000283. The van der Waals surface area contributed by atoms with Gasteiger partial charge in [-0.3, -0.25) is 0 Å². The van der Waals surface area contributed by atoms with Crippen LogP contribution in [-0.4, -0.2) is 0 Å². The number of hydrogen-bond acceptors (Lipinski definition) is 0. The second kappa shape index (κ2) is 10.4. The third-order valence-corrected chi connectivity index (χ3v) is 4.29. The minimum absolute atomic E-state index is 0. The molecule has 0 aliphatic heterocycles. The van der Waals surface area contributed by atoms with E-state index in [-0.39, 0.29) is 17.1 Å². The van der Waals surface area contributed by atoms with Crippen molar-refractivity contribution in [2.45, 2.75) is 6.42 Å². The maximum absolute atomic E-state index is 3.55. The second-order valence-electron chi connectivity index (χ2n) is 4.13. The van der Waals surface area contributed by atoms with E-state index >= 15 is 0 Å². The van der Waals surface area contributed by atoms with Crippen LogP contribution >= 0.6 is 31.9 Å². The van der Waals surface area contributed by atoms with Gasteiger partial charge in [0.05, 0.1) is 4.83 Å². The number of halogens is 2. The van der Waals surface area contributed by atoms with Crippen molar-refractivity contribution in [2.75, 3.05) is 0 Å². The molecule has 0 spiro atoms. The SMILES string of the molecule is Br[C]1[CH][CH][CH][C]1Cc1ccccc1Br.[CH]1[CH][CH][CH][CH]1.[Fe+2]. The Morgan fingerprint density at radius 3 is 1.85 bits per heavy atom. The molecule has 0 bridgehead atoms. The molecule has 0 heterocycles. The summed E-state index contributed by atoms with van der Waals surface area (Å²) in [7, 11) is 0. The van der Waals surface area contributed by atoms with Gasteiger partial charge >= 0.3 is 17.1 Å². The molecular weight excluding hydrogens is 420 g/mol. The van der Waals surface area contributed by atoms with Crippen LogP contribution < -0.4 is 0 Å². The summed E-state index contributed by atoms with van der Waals surface area (Å²) in [5.74, 6) is 1.33. The van der Waals surface area contributed by atoms with Crippen LogP contribution in [0.5, 0.6) is 0 Å². The van der Waals surface area contributed by atoms with E-state index in [0.29, 0.717) is 0 Å². The summed E-state index contributed by atoms with van der Waals surface area (Å²) in [6, 6.07) is 8.32. The maximum Gasteiger partial charge on any atom is 2.00 e. The van der Waals surface area contributed by atoms with Crippen LogP contribution in [0.3, 0.4) is 0 Å². The van der Waals surface area contributed by atoms with Crippen molar-refractivity contribution in [1.29, 1.82) is 0 Å². The fourth-order valence-corrected chi connectivity index (χ4v) is 2.60. The minimum Gasteiger partial charge on any atom is -0.0828 e. The number of hydrogen-bond donors (Lipinski definition) is 0. The van der Waals surface area contributed by atoms with Crippen LogP contribution in [-0.2, 0) is 23.5 Å². The van der Waals surface area contributed by atoms with Gasteiger partial charge in [0.25, 0.3) is 0 Å². The smallest absolute Gasteiger partial charge is 0.0828 e. The van der Waals surface area contributed by atoms with Crippen molar-refractivity contribution in [1.82, 2.24) is 0 Å². The van der Waals surface area contributed by atoms with Crippen LogP contribution in [0.2, 0.25) is 0 Å². The first-order chi connectivity index (χ1) is 9.27. The molecule has 0 nitrogen and oxygen atoms in total. The minimum atomic E-state index is 0. The fraction of sp³-hybridized carbons (Fsp3) is 0.0588. The van der Waals surface area contributed by atoms with E-state index in [9.17, 15) is 0 Å². The standard InChI is InChI=1S/C12H9Br2.C5H5.Fe/c13-11-6-2-1-4-9(11)8-10-5-3-7-12(10)14;1-2-4-5-3-1;/h1-7H,8H2;1-5H;/q;;+2. The zero-order chi connectivity index (χ0) is 13.5. The zero-order valence-electron chi connectivity index (χ0n) is 10.7. The molecule has 20 heavy (non-hydrogen) atoms. The van der Waals surface area contributed by atoms with Crippen LogP contribution in [0.1, 0.15) is 5.56 Å². The van der Waals surface area contributed by atoms with E-state index in [1.54, 1.807) is 0 Å². The zero-order valence-corrected chi connectivity index (χ0v) is 15.0. The summed E-state index contributed by atoms with van der Waals surface area (Å²) in [6.07, 6.45) is 17.3. The largest absolute Gasteiger partial charge is 2.00 e. The Bertz CT molecular complexity index is 369. The molecule has 2 saturated carbocycles. The van der Waals surface area contributed by atoms with Crippen molar-refractivity contribution in [3.05, 3.63) is 96.4 Å². The first kappa shape index (κ1) is 18.7. The normalized spacial score (nSPS) is 19.3. The second-order valence-corrected chi connectivity index (χ2v) is 5.84. The molecule has 3 rings (SSSR count). The van der Waals surface area contributed by atoms with E-state index in [0.717, 1.165) is 6.42 Å². The van der Waals surface area contributed by atoms with Crippen molar-refractivity contribution in [2.24, 2.45) is 0 Å². The van der Waals surface area contributed by atoms with Gasteiger partial charge in [-0.2, -0.15) is 0 Å². The number of benzene rings is 1. The van der Waals surface area contributed by atoms with Crippen molar-refractivity contribution >= 4 is 31.9 Å². The Kier molecular flexibility index (Phi) is 9.78. The maximum atomic E-state index is 3.55. The van der Waals surface area contributed by atoms with Gasteiger partial charge < -0.3 is 0 Å². The van der Waals surface area contributed by atoms with E-state index in [1.807, 2.05) is 38.2 Å². The van der Waals surface area contributed by atoms with Gasteiger partial charge in [0, 0.05) is 10.4 Å². The van der Waals surface area contributed by atoms with Gasteiger partial charge in [-0.1, -0.05) is 50.1 Å². The molecule has 1 aromatic carbocycles. The van der Waals surface area contributed by atoms with Gasteiger partial charge in [0.2, 0.25) is 0 Å². The van der Waals surface area contributed by atoms with Gasteiger partial charge in [-0.05, 0) is 69.4 Å². The molecule has 0 amide bonds. The molecule has 0 atom stereocenters. The summed E-state index contributed by atoms with van der Waals surface area (Å²) in [5, 5.41) is 0. The first-order valence-electron chi connectivity index (χ1n) is 6.07. The molecule has 0 N–H and O–H groups in total. The van der Waals surface area contributed by atoms with E-state index < -0.39 is 0 Å². The van der Waals surface area contributed by atoms with Crippen molar-refractivity contribution < 1.29 is 17.1 Å². The average Bonchev–Trinajstić information content (AvgIpc) is 3.08. The van der Waals surface area contributed by atoms with Gasteiger partial charge in [-0.15, -0.1) is 0 Å². The molecule has 0 unspecified atom stereocenters. The Morgan fingerprint density at radius 2 is 1.35 bits per heavy atom. The number of rotatable bonds is 2. The van der Waals surface area contributed by atoms with Gasteiger partial charge in [0.15, 0.2) is 0 Å². The Hall–Kier alpha value is 0.699. The van der Waals surface area contributed by atoms with Crippen LogP contribution in [0, 0.1) is 62.1 Å². The van der Waals surface area contributed by atoms with E-state index in [4.69, 9.17) is 0 Å². The van der Waals surface area contributed by atoms with Crippen LogP contribution in [0.15, 0.2) is 28.7 Å². The molecule has 2 aliphatic rings. The summed E-state index contributed by atoms with van der Waals surface area (Å²) in [5.41, 5.74) is 1.32. The molecule has 102 valence electrons. The molecular formula is C17H14Br2Fe+2. The van der Waals surface area contributed by atoms with Crippen LogP contribution in [0.4, 0.5) is 0 Å². The first-order valence-corrected chi connectivity index (χ1v) is 7.66. The Labute approximate surface area is 151 Å². The van der Waals surface area contributed by atoms with Gasteiger partial charge in [0.1, 0.15) is 0 Å². The quantitative estimate of drug-likeness (QED) is 0.566. The van der Waals surface area contributed by atoms with Crippen molar-refractivity contribution in [3.8, 4) is 0 Å². The van der Waals surface area contributed by atoms with Gasteiger partial charge in [-0.25, -0.2) is 0 Å². The third-order valence-electron chi connectivity index (χ3n) is 2.74. The molecule has 1 aromatic rings. The summed E-state index contributed by atoms with van der Waals surface area (Å²) >= 11 is 7.08. The van der Waals surface area contributed by atoms with Crippen LogP contribution in [0.25, 0.3) is 0 Å². The summed E-state index contributed by atoms with van der Waals surface area (Å²) in [6.45, 7) is 0. The molecule has 0 saturated heterocycles. The molecule has 2 aliphatic carbocycles. The summed E-state index contributed by atoms with van der Waals surface area (Å²) in [4.78, 5) is 1.19. The Morgan fingerprint density at radius 1 is 0.750 bits per heavy atom. The molecule has 2 fully saturated rings. The predicted octanol–water partition coefficient (Wildman–Crippen LogP) is 5.14. The topological polar surface area (TPSA) is 0 Å². The average molecular weight is 434 g/mol. The summed E-state index contributed by atoms with van der Waals surface area (Å²) < 4.78 is 1.17. The van der Waals surface area contributed by atoms with E-state index in [1.165, 1.54) is 20.8 Å². The fourth-order valence-electron chi connectivity index (χ4n) is 1.75.